The molecule has 2 unspecified atom stereocenters. The maximum Gasteiger partial charge on any atom is 0.155 e. The fraction of sp³-hybridized carbons (Fsp3) is 0.536. The largest absolute Gasteiger partial charge is 0.380 e. The molecule has 0 amide bonds. The van der Waals surface area contributed by atoms with Gasteiger partial charge in [-0.2, -0.15) is 0 Å². The molecule has 2 heterocycles. The molecule has 2 aromatic rings. The summed E-state index contributed by atoms with van der Waals surface area (Å²) in [4.78, 5) is 18.9. The third kappa shape index (κ3) is 4.43. The van der Waals surface area contributed by atoms with Crippen molar-refractivity contribution in [2.45, 2.75) is 64.0 Å². The molecule has 2 aromatic carbocycles. The summed E-state index contributed by atoms with van der Waals surface area (Å²) in [5.41, 5.74) is 5.29. The quantitative estimate of drug-likeness (QED) is 0.718. The maximum atomic E-state index is 13.9. The molecule has 3 aliphatic rings. The lowest BCUT2D eigenvalue weighted by Crippen LogP contribution is -2.60. The minimum absolute atomic E-state index is 0.00882. The lowest BCUT2D eigenvalue weighted by Gasteiger charge is -2.45. The summed E-state index contributed by atoms with van der Waals surface area (Å²) in [6, 6.07) is 17.5. The highest BCUT2D eigenvalue weighted by atomic mass is 16.1. The van der Waals surface area contributed by atoms with Crippen LogP contribution in [0.1, 0.15) is 49.7 Å². The molecule has 1 N–H and O–H groups in total. The summed E-state index contributed by atoms with van der Waals surface area (Å²) in [5, 5.41) is 3.79. The number of para-hydroxylation sites is 2. The van der Waals surface area contributed by atoms with Gasteiger partial charge in [0.25, 0.3) is 0 Å². The lowest BCUT2D eigenvalue weighted by molar-refractivity contribution is -0.130. The number of piperazine rings is 1. The molecule has 2 aliphatic heterocycles. The molecule has 1 saturated heterocycles. The van der Waals surface area contributed by atoms with Crippen LogP contribution in [0.5, 0.6) is 0 Å². The average Bonchev–Trinajstić information content (AvgIpc) is 2.85. The van der Waals surface area contributed by atoms with E-state index in [4.69, 9.17) is 0 Å². The molecule has 0 radical (unpaired) electrons. The topological polar surface area (TPSA) is 35.6 Å². The zero-order valence-electron chi connectivity index (χ0n) is 19.4. The molecule has 4 nitrogen and oxygen atoms in total. The van der Waals surface area contributed by atoms with E-state index in [9.17, 15) is 4.79 Å². The molecule has 1 aliphatic carbocycles. The van der Waals surface area contributed by atoms with Gasteiger partial charge in [-0.05, 0) is 55.9 Å². The van der Waals surface area contributed by atoms with Crippen molar-refractivity contribution in [3.63, 3.8) is 0 Å². The van der Waals surface area contributed by atoms with Crippen molar-refractivity contribution in [3.8, 4) is 0 Å². The summed E-state index contributed by atoms with van der Waals surface area (Å²) in [5.74, 6) is 0.757. The van der Waals surface area contributed by atoms with Gasteiger partial charge in [0.15, 0.2) is 5.78 Å². The highest BCUT2D eigenvalue weighted by Gasteiger charge is 2.40. The predicted molar refractivity (Wildman–Crippen MR) is 133 cm³/mol. The van der Waals surface area contributed by atoms with Crippen LogP contribution in [-0.4, -0.2) is 48.9 Å². The second kappa shape index (κ2) is 9.66. The van der Waals surface area contributed by atoms with Crippen LogP contribution < -0.4 is 10.2 Å². The third-order valence-corrected chi connectivity index (χ3v) is 7.93. The number of Topliss-reactive ketones (excluding diaryl/α,β-unsaturated/α-hetero) is 1. The molecule has 0 spiro atoms. The van der Waals surface area contributed by atoms with Gasteiger partial charge in [0.05, 0.1) is 6.04 Å². The molecule has 1 saturated carbocycles. The number of ketones is 1. The van der Waals surface area contributed by atoms with Gasteiger partial charge >= 0.3 is 0 Å². The Bertz CT molecular complexity index is 928. The Kier molecular flexibility index (Phi) is 6.49. The number of fused-ring (bicyclic) bond motifs is 1. The van der Waals surface area contributed by atoms with Crippen LogP contribution in [0.3, 0.4) is 0 Å². The van der Waals surface area contributed by atoms with E-state index in [-0.39, 0.29) is 18.0 Å². The number of anilines is 2. The SMILES string of the molecule is Cc1ccccc1N1CCN(C(C(=O)C2CCCCC2)C2CCc3ccccc3N2)CC1. The molecule has 32 heavy (non-hydrogen) atoms. The lowest BCUT2D eigenvalue weighted by atomic mass is 9.80. The molecule has 0 bridgehead atoms. The first-order chi connectivity index (χ1) is 15.7. The van der Waals surface area contributed by atoms with Gasteiger partial charge in [-0.1, -0.05) is 55.7 Å². The van der Waals surface area contributed by atoms with E-state index in [0.29, 0.717) is 5.78 Å². The molecule has 2 fully saturated rings. The fourth-order valence-electron chi connectivity index (χ4n) is 6.12. The smallest absolute Gasteiger partial charge is 0.155 e. The van der Waals surface area contributed by atoms with Crippen LogP contribution in [0, 0.1) is 12.8 Å². The summed E-state index contributed by atoms with van der Waals surface area (Å²) < 4.78 is 0. The van der Waals surface area contributed by atoms with Crippen molar-refractivity contribution in [2.75, 3.05) is 36.4 Å². The Morgan fingerprint density at radius 1 is 0.906 bits per heavy atom. The number of nitrogens with one attached hydrogen (secondary N) is 1. The summed E-state index contributed by atoms with van der Waals surface area (Å²) in [7, 11) is 0. The summed E-state index contributed by atoms with van der Waals surface area (Å²) >= 11 is 0. The van der Waals surface area contributed by atoms with E-state index in [1.165, 1.54) is 41.8 Å². The normalized spacial score (nSPS) is 23.3. The van der Waals surface area contributed by atoms with Gasteiger partial charge in [-0.3, -0.25) is 9.69 Å². The Hall–Kier alpha value is -2.33. The molecular formula is C28H37N3O. The Labute approximate surface area is 193 Å². The van der Waals surface area contributed by atoms with Crippen LogP contribution in [0.15, 0.2) is 48.5 Å². The van der Waals surface area contributed by atoms with Crippen LogP contribution in [0.25, 0.3) is 0 Å². The fourth-order valence-corrected chi connectivity index (χ4v) is 6.12. The Balaban J connectivity index is 1.34. The van der Waals surface area contributed by atoms with Gasteiger partial charge in [-0.15, -0.1) is 0 Å². The van der Waals surface area contributed by atoms with Crippen molar-refractivity contribution in [2.24, 2.45) is 5.92 Å². The first kappa shape index (κ1) is 21.5. The van der Waals surface area contributed by atoms with E-state index >= 15 is 0 Å². The van der Waals surface area contributed by atoms with Crippen LogP contribution in [0.2, 0.25) is 0 Å². The zero-order valence-corrected chi connectivity index (χ0v) is 19.4. The maximum absolute atomic E-state index is 13.9. The molecule has 2 atom stereocenters. The van der Waals surface area contributed by atoms with Crippen LogP contribution >= 0.6 is 0 Å². The number of rotatable bonds is 5. The molecule has 170 valence electrons. The first-order valence-electron chi connectivity index (χ1n) is 12.6. The van der Waals surface area contributed by atoms with Gasteiger partial charge in [-0.25, -0.2) is 0 Å². The summed E-state index contributed by atoms with van der Waals surface area (Å²) in [6.07, 6.45) is 7.99. The Morgan fingerprint density at radius 3 is 2.41 bits per heavy atom. The third-order valence-electron chi connectivity index (χ3n) is 7.93. The monoisotopic (exact) mass is 431 g/mol. The van der Waals surface area contributed by atoms with Crippen molar-refractivity contribution < 1.29 is 4.79 Å². The zero-order chi connectivity index (χ0) is 21.9. The minimum Gasteiger partial charge on any atom is -0.380 e. The van der Waals surface area contributed by atoms with Gasteiger partial charge in [0.1, 0.15) is 0 Å². The standard InChI is InChI=1S/C28H37N3O/c1-21-9-5-8-14-26(21)30-17-19-31(20-18-30)27(28(32)23-11-3-2-4-12-23)25-16-15-22-10-6-7-13-24(22)29-25/h5-10,13-14,23,25,27,29H,2-4,11-12,15-20H2,1H3. The second-order valence-corrected chi connectivity index (χ2v) is 9.94. The van der Waals surface area contributed by atoms with Gasteiger partial charge in [0, 0.05) is 49.5 Å². The number of aryl methyl sites for hydroxylation is 2. The molecule has 4 heteroatoms. The van der Waals surface area contributed by atoms with E-state index < -0.39 is 0 Å². The highest BCUT2D eigenvalue weighted by molar-refractivity contribution is 5.88. The van der Waals surface area contributed by atoms with E-state index in [1.54, 1.807) is 0 Å². The van der Waals surface area contributed by atoms with Gasteiger partial charge in [0.2, 0.25) is 0 Å². The van der Waals surface area contributed by atoms with E-state index in [2.05, 4.69) is 70.6 Å². The summed E-state index contributed by atoms with van der Waals surface area (Å²) in [6.45, 7) is 6.08. The van der Waals surface area contributed by atoms with Crippen LogP contribution in [0.4, 0.5) is 11.4 Å². The van der Waals surface area contributed by atoms with E-state index in [1.807, 2.05) is 0 Å². The molecule has 5 rings (SSSR count). The Morgan fingerprint density at radius 2 is 1.62 bits per heavy atom. The highest BCUT2D eigenvalue weighted by Crippen LogP contribution is 2.32. The predicted octanol–water partition coefficient (Wildman–Crippen LogP) is 5.06. The van der Waals surface area contributed by atoms with E-state index in [0.717, 1.165) is 51.9 Å². The number of benzene rings is 2. The van der Waals surface area contributed by atoms with Crippen molar-refractivity contribution in [1.82, 2.24) is 4.90 Å². The number of nitrogens with zero attached hydrogens (tertiary/aromatic N) is 2. The average molecular weight is 432 g/mol. The van der Waals surface area contributed by atoms with Crippen molar-refractivity contribution in [1.29, 1.82) is 0 Å². The van der Waals surface area contributed by atoms with Gasteiger partial charge < -0.3 is 10.2 Å². The number of carbonyl (C=O) groups excluding carboxylic acids is 1. The molecular weight excluding hydrogens is 394 g/mol. The van der Waals surface area contributed by atoms with Crippen LogP contribution in [-0.2, 0) is 11.2 Å². The van der Waals surface area contributed by atoms with Crippen molar-refractivity contribution in [3.05, 3.63) is 59.7 Å². The second-order valence-electron chi connectivity index (χ2n) is 9.94. The minimum atomic E-state index is -0.00882. The number of carbonyl (C=O) groups is 1. The number of hydrogen-bond acceptors (Lipinski definition) is 4. The molecule has 0 aromatic heterocycles. The van der Waals surface area contributed by atoms with Crippen molar-refractivity contribution >= 4 is 17.2 Å². The number of hydrogen-bond donors (Lipinski definition) is 1. The first-order valence-corrected chi connectivity index (χ1v) is 12.6.